The highest BCUT2D eigenvalue weighted by molar-refractivity contribution is 8.00. The Morgan fingerprint density at radius 3 is 2.72 bits per heavy atom. The molecule has 0 radical (unpaired) electrons. The van der Waals surface area contributed by atoms with Crippen molar-refractivity contribution in [2.75, 3.05) is 18.9 Å². The van der Waals surface area contributed by atoms with E-state index in [0.717, 1.165) is 0 Å². The number of nitro groups is 1. The molecule has 3 rings (SSSR count). The van der Waals surface area contributed by atoms with Gasteiger partial charge >= 0.3 is 12.1 Å². The van der Waals surface area contributed by atoms with Crippen molar-refractivity contribution in [3.05, 3.63) is 39.9 Å². The number of nitrogens with zero attached hydrogens (tertiary/aromatic N) is 2. The number of rotatable bonds is 6. The van der Waals surface area contributed by atoms with Gasteiger partial charge in [0.2, 0.25) is 0 Å². The van der Waals surface area contributed by atoms with Crippen molar-refractivity contribution >= 4 is 42.1 Å². The molecule has 0 aromatic heterocycles. The molecule has 9 nitrogen and oxygen atoms in total. The first-order valence-corrected chi connectivity index (χ1v) is 10.8. The van der Waals surface area contributed by atoms with E-state index >= 15 is 0 Å². The third-order valence-electron chi connectivity index (χ3n) is 4.79. The van der Waals surface area contributed by atoms with Gasteiger partial charge in [-0.25, -0.2) is 4.79 Å². The van der Waals surface area contributed by atoms with Gasteiger partial charge in [0.05, 0.1) is 22.9 Å². The van der Waals surface area contributed by atoms with Crippen LogP contribution in [0.3, 0.4) is 0 Å². The number of nitro benzene ring substituents is 1. The van der Waals surface area contributed by atoms with Gasteiger partial charge in [-0.05, 0) is 31.0 Å². The molecule has 0 saturated carbocycles. The molecule has 29 heavy (non-hydrogen) atoms. The normalized spacial score (nSPS) is 26.3. The first-order valence-electron chi connectivity index (χ1n) is 9.28. The Bertz CT molecular complexity index is 762. The lowest BCUT2D eigenvalue weighted by Gasteiger charge is -2.28. The fourth-order valence-corrected chi connectivity index (χ4v) is 5.14. The van der Waals surface area contributed by atoms with Gasteiger partial charge in [-0.3, -0.25) is 20.2 Å². The zero-order chi connectivity index (χ0) is 21.0. The number of non-ortho nitro benzene ring substituents is 1. The summed E-state index contributed by atoms with van der Waals surface area (Å²) in [6.45, 7) is 2.57. The van der Waals surface area contributed by atoms with Crippen molar-refractivity contribution in [2.24, 2.45) is 0 Å². The highest BCUT2D eigenvalue weighted by Crippen LogP contribution is 2.33. The van der Waals surface area contributed by atoms with Crippen molar-refractivity contribution < 1.29 is 24.0 Å². The molecule has 2 heterocycles. The maximum atomic E-state index is 12.7. The second-order valence-corrected chi connectivity index (χ2v) is 8.72. The van der Waals surface area contributed by atoms with Crippen molar-refractivity contribution in [2.45, 2.75) is 42.7 Å². The van der Waals surface area contributed by atoms with Gasteiger partial charge in [0.15, 0.2) is 0 Å². The molecule has 1 aromatic rings. The Labute approximate surface area is 178 Å². The minimum Gasteiger partial charge on any atom is -0.465 e. The van der Waals surface area contributed by atoms with Crippen molar-refractivity contribution in [3.63, 3.8) is 0 Å². The monoisotopic (exact) mass is 441 g/mol. The third-order valence-corrected chi connectivity index (χ3v) is 6.50. The number of ether oxygens (including phenoxy) is 2. The number of thioether (sulfide) groups is 1. The van der Waals surface area contributed by atoms with E-state index < -0.39 is 11.0 Å². The van der Waals surface area contributed by atoms with Gasteiger partial charge < -0.3 is 14.4 Å². The summed E-state index contributed by atoms with van der Waals surface area (Å²) in [5, 5.41) is 13.9. The summed E-state index contributed by atoms with van der Waals surface area (Å²) in [5.41, 5.74) is 0.649. The van der Waals surface area contributed by atoms with E-state index in [2.05, 4.69) is 17.9 Å². The lowest BCUT2D eigenvalue weighted by atomic mass is 10.2. The molecule has 4 unspecified atom stereocenters. The molecular weight excluding hydrogens is 418 g/mol. The highest BCUT2D eigenvalue weighted by atomic mass is 32.2. The number of carbonyl (C=O) groups excluding carboxylic acids is 2. The Hall–Kier alpha value is -1.98. The number of nitrogens with one attached hydrogen (secondary N) is 1. The fourth-order valence-electron chi connectivity index (χ4n) is 3.38. The Balaban J connectivity index is 1.57. The zero-order valence-corrected chi connectivity index (χ0v) is 17.6. The summed E-state index contributed by atoms with van der Waals surface area (Å²) >= 11 is 6.11. The summed E-state index contributed by atoms with van der Waals surface area (Å²) < 4.78 is 10.5. The van der Waals surface area contributed by atoms with Crippen LogP contribution in [0, 0.1) is 10.1 Å². The number of carbonyl (C=O) groups is 2. The van der Waals surface area contributed by atoms with Crippen LogP contribution in [0.5, 0.6) is 0 Å². The smallest absolute Gasteiger partial charge is 0.410 e. The van der Waals surface area contributed by atoms with Gasteiger partial charge in [0.25, 0.3) is 5.69 Å². The molecular formula is C18H23N3O6S2. The fraction of sp³-hybridized carbons (Fsp3) is 0.556. The molecule has 1 aromatic carbocycles. The molecule has 0 spiro atoms. The van der Waals surface area contributed by atoms with Gasteiger partial charge in [0, 0.05) is 29.7 Å². The van der Waals surface area contributed by atoms with E-state index in [0.29, 0.717) is 30.9 Å². The van der Waals surface area contributed by atoms with Crippen molar-refractivity contribution in [3.8, 4) is 0 Å². The largest absolute Gasteiger partial charge is 0.465 e. The second-order valence-electron chi connectivity index (χ2n) is 6.81. The summed E-state index contributed by atoms with van der Waals surface area (Å²) in [5.74, 6) is 0.304. The maximum Gasteiger partial charge on any atom is 0.410 e. The SMILES string of the molecule is CCOC(=O)C1CSC(C2CC(S)CN2C(=O)OCc2ccc([N+](=O)[O-])cc2)N1. The Kier molecular flexibility index (Phi) is 7.25. The molecule has 1 N–H and O–H groups in total. The first-order chi connectivity index (χ1) is 13.9. The topological polar surface area (TPSA) is 111 Å². The number of thiol groups is 1. The Morgan fingerprint density at radius 2 is 2.07 bits per heavy atom. The number of hydrogen-bond donors (Lipinski definition) is 2. The minimum atomic E-state index is -0.479. The molecule has 2 aliphatic rings. The van der Waals surface area contributed by atoms with Crippen LogP contribution >= 0.6 is 24.4 Å². The van der Waals surface area contributed by atoms with Crippen molar-refractivity contribution in [1.82, 2.24) is 10.2 Å². The predicted octanol–water partition coefficient (Wildman–Crippen LogP) is 2.20. The van der Waals surface area contributed by atoms with Crippen LogP contribution in [0.2, 0.25) is 0 Å². The van der Waals surface area contributed by atoms with E-state index in [1.54, 1.807) is 35.7 Å². The lowest BCUT2D eigenvalue weighted by Crippen LogP contribution is -2.48. The highest BCUT2D eigenvalue weighted by Gasteiger charge is 2.44. The van der Waals surface area contributed by atoms with E-state index in [1.807, 2.05) is 0 Å². The molecule has 0 bridgehead atoms. The number of esters is 1. The van der Waals surface area contributed by atoms with E-state index in [-0.39, 0.29) is 41.0 Å². The summed E-state index contributed by atoms with van der Waals surface area (Å²) in [6.07, 6.45) is 0.225. The zero-order valence-electron chi connectivity index (χ0n) is 15.9. The Morgan fingerprint density at radius 1 is 1.34 bits per heavy atom. The van der Waals surface area contributed by atoms with Gasteiger partial charge in [-0.2, -0.15) is 12.6 Å². The van der Waals surface area contributed by atoms with Crippen LogP contribution in [-0.4, -0.2) is 63.5 Å². The average molecular weight is 442 g/mol. The molecule has 158 valence electrons. The van der Waals surface area contributed by atoms with E-state index in [4.69, 9.17) is 9.47 Å². The van der Waals surface area contributed by atoms with Crippen LogP contribution in [-0.2, 0) is 20.9 Å². The molecule has 2 fully saturated rings. The maximum absolute atomic E-state index is 12.7. The molecule has 2 aliphatic heterocycles. The second kappa shape index (κ2) is 9.68. The molecule has 1 amide bonds. The van der Waals surface area contributed by atoms with Crippen LogP contribution in [0.25, 0.3) is 0 Å². The molecule has 11 heteroatoms. The summed E-state index contributed by atoms with van der Waals surface area (Å²) in [7, 11) is 0. The average Bonchev–Trinajstić information content (AvgIpc) is 3.33. The van der Waals surface area contributed by atoms with E-state index in [9.17, 15) is 19.7 Å². The quantitative estimate of drug-likeness (QED) is 0.299. The van der Waals surface area contributed by atoms with Gasteiger partial charge in [0.1, 0.15) is 12.6 Å². The van der Waals surface area contributed by atoms with Crippen LogP contribution in [0.1, 0.15) is 18.9 Å². The lowest BCUT2D eigenvalue weighted by molar-refractivity contribution is -0.384. The molecule has 0 aliphatic carbocycles. The standard InChI is InChI=1S/C18H23N3O6S2/c1-2-26-17(22)14-10-29-16(19-14)15-7-13(28)8-20(15)18(23)27-9-11-3-5-12(6-4-11)21(24)25/h3-6,13-16,19,28H,2,7-10H2,1H3. The van der Waals surface area contributed by atoms with Gasteiger partial charge in [-0.1, -0.05) is 0 Å². The number of hydrogen-bond acceptors (Lipinski definition) is 9. The number of likely N-dealkylation sites (tertiary alicyclic amines) is 1. The molecule has 2 saturated heterocycles. The van der Waals surface area contributed by atoms with Crippen LogP contribution in [0.15, 0.2) is 24.3 Å². The number of benzene rings is 1. The van der Waals surface area contributed by atoms with Crippen molar-refractivity contribution in [1.29, 1.82) is 0 Å². The number of amides is 1. The molecule has 4 atom stereocenters. The van der Waals surface area contributed by atoms with Crippen LogP contribution < -0.4 is 5.32 Å². The third kappa shape index (κ3) is 5.34. The summed E-state index contributed by atoms with van der Waals surface area (Å²) in [4.78, 5) is 36.5. The van der Waals surface area contributed by atoms with Crippen LogP contribution in [0.4, 0.5) is 10.5 Å². The van der Waals surface area contributed by atoms with E-state index in [1.165, 1.54) is 12.1 Å². The predicted molar refractivity (Wildman–Crippen MR) is 111 cm³/mol. The first kappa shape index (κ1) is 21.7. The minimum absolute atomic E-state index is 0.0157. The van der Waals surface area contributed by atoms with Gasteiger partial charge in [-0.15, -0.1) is 11.8 Å². The summed E-state index contributed by atoms with van der Waals surface area (Å²) in [6, 6.07) is 5.34.